The Hall–Kier alpha value is 0.960. The number of rotatable bonds is 5. The summed E-state index contributed by atoms with van der Waals surface area (Å²) in [5, 5.41) is 0. The maximum Gasteiger partial charge on any atom is 0.0276 e. The van der Waals surface area contributed by atoms with E-state index in [1.165, 1.54) is 70.6 Å². The molecule has 0 saturated heterocycles. The second-order valence-corrected chi connectivity index (χ2v) is 15.0. The number of fused-ring (bicyclic) bond motifs is 5. The molecule has 0 aliphatic heterocycles. The summed E-state index contributed by atoms with van der Waals surface area (Å²) in [6.07, 6.45) is 16.3. The zero-order chi connectivity index (χ0) is 21.0. The fraction of sp³-hybridized carbons (Fsp3) is 1.00. The van der Waals surface area contributed by atoms with Gasteiger partial charge in [0, 0.05) is 9.65 Å². The Bertz CT molecular complexity index is 573. The first kappa shape index (κ1) is 23.1. The van der Waals surface area contributed by atoms with Crippen molar-refractivity contribution in [2.75, 3.05) is 0 Å². The summed E-state index contributed by atoms with van der Waals surface area (Å²) in [7, 11) is 0. The lowest BCUT2D eigenvalue weighted by Crippen LogP contribution is -2.55. The Morgan fingerprint density at radius 3 is 2.28 bits per heavy atom. The molecule has 4 rings (SSSR count). The van der Waals surface area contributed by atoms with Crippen molar-refractivity contribution >= 4 is 31.9 Å². The van der Waals surface area contributed by atoms with Crippen molar-refractivity contribution in [2.24, 2.45) is 52.3 Å². The largest absolute Gasteiger partial charge is 0.0878 e. The maximum absolute atomic E-state index is 4.05. The smallest absolute Gasteiger partial charge is 0.0276 e. The van der Waals surface area contributed by atoms with Gasteiger partial charge in [0.1, 0.15) is 0 Å². The van der Waals surface area contributed by atoms with Crippen molar-refractivity contribution in [3.8, 4) is 0 Å². The Morgan fingerprint density at radius 1 is 0.828 bits per heavy atom. The third kappa shape index (κ3) is 4.06. The molecule has 4 aliphatic carbocycles. The molecule has 0 N–H and O–H groups in total. The lowest BCUT2D eigenvalue weighted by molar-refractivity contribution is -0.112. The summed E-state index contributed by atoms with van der Waals surface area (Å²) in [5.74, 6) is 6.79. The Balaban J connectivity index is 1.47. The van der Waals surface area contributed by atoms with Gasteiger partial charge in [0.15, 0.2) is 0 Å². The van der Waals surface area contributed by atoms with Crippen molar-refractivity contribution in [1.29, 1.82) is 0 Å². The van der Waals surface area contributed by atoms with Crippen molar-refractivity contribution in [2.45, 2.75) is 115 Å². The molecular weight excluding hydrogens is 484 g/mol. The predicted molar refractivity (Wildman–Crippen MR) is 134 cm³/mol. The molecule has 168 valence electrons. The Kier molecular flexibility index (Phi) is 6.95. The van der Waals surface area contributed by atoms with Gasteiger partial charge in [-0.15, -0.1) is 0 Å². The van der Waals surface area contributed by atoms with E-state index in [2.05, 4.69) is 66.5 Å². The zero-order valence-corrected chi connectivity index (χ0v) is 22.9. The van der Waals surface area contributed by atoms with Gasteiger partial charge in [-0.2, -0.15) is 0 Å². The van der Waals surface area contributed by atoms with Crippen LogP contribution < -0.4 is 0 Å². The molecule has 0 aromatic rings. The van der Waals surface area contributed by atoms with E-state index >= 15 is 0 Å². The van der Waals surface area contributed by atoms with E-state index in [1.54, 1.807) is 0 Å². The molecule has 4 fully saturated rings. The SMILES string of the molecule is CC(C)CCC[C@@H](C)C1CCC2C3CC[C@H]4C[C@H](Br)C(Br)CC4(C)C3CCC21C. The number of alkyl halides is 2. The predicted octanol–water partition coefficient (Wildman–Crippen LogP) is 9.24. The lowest BCUT2D eigenvalue weighted by atomic mass is 9.44. The van der Waals surface area contributed by atoms with E-state index in [0.717, 1.165) is 41.4 Å². The minimum Gasteiger partial charge on any atom is -0.0878 e. The van der Waals surface area contributed by atoms with E-state index in [0.29, 0.717) is 20.5 Å². The van der Waals surface area contributed by atoms with Crippen LogP contribution in [-0.4, -0.2) is 9.65 Å². The van der Waals surface area contributed by atoms with Crippen LogP contribution in [0.5, 0.6) is 0 Å². The molecule has 0 radical (unpaired) electrons. The number of hydrogen-bond donors (Lipinski definition) is 0. The maximum atomic E-state index is 4.05. The highest BCUT2D eigenvalue weighted by molar-refractivity contribution is 9.12. The highest BCUT2D eigenvalue weighted by Crippen LogP contribution is 2.68. The van der Waals surface area contributed by atoms with Gasteiger partial charge in [-0.3, -0.25) is 0 Å². The zero-order valence-electron chi connectivity index (χ0n) is 19.7. The van der Waals surface area contributed by atoms with Gasteiger partial charge < -0.3 is 0 Å². The molecule has 0 bridgehead atoms. The summed E-state index contributed by atoms with van der Waals surface area (Å²) in [4.78, 5) is 1.36. The van der Waals surface area contributed by atoms with Crippen molar-refractivity contribution in [3.05, 3.63) is 0 Å². The Morgan fingerprint density at radius 2 is 1.55 bits per heavy atom. The Labute approximate surface area is 198 Å². The van der Waals surface area contributed by atoms with Crippen molar-refractivity contribution in [3.63, 3.8) is 0 Å². The van der Waals surface area contributed by atoms with Crippen LogP contribution in [0.3, 0.4) is 0 Å². The molecule has 2 heteroatoms. The topological polar surface area (TPSA) is 0 Å². The van der Waals surface area contributed by atoms with Crippen LogP contribution in [0.1, 0.15) is 105 Å². The van der Waals surface area contributed by atoms with Crippen LogP contribution in [-0.2, 0) is 0 Å². The third-order valence-corrected chi connectivity index (χ3v) is 13.5. The minimum atomic E-state index is 0.587. The standard InChI is InChI=1S/C27H46Br2/c1-17(2)7-6-8-18(3)21-11-12-22-20-10-9-19-15-24(28)25(29)16-27(19,5)23(20)13-14-26(21,22)4/h17-25H,6-16H2,1-5H3/t18-,19+,20?,21?,22?,23?,24+,25?,26?,27?/m1/s1. The van der Waals surface area contributed by atoms with Crippen LogP contribution in [0.2, 0.25) is 0 Å². The van der Waals surface area contributed by atoms with Crippen molar-refractivity contribution in [1.82, 2.24) is 0 Å². The summed E-state index contributed by atoms with van der Waals surface area (Å²) < 4.78 is 0. The molecule has 7 unspecified atom stereocenters. The first-order chi connectivity index (χ1) is 13.7. The highest BCUT2D eigenvalue weighted by atomic mass is 79.9. The molecule has 4 aliphatic rings. The van der Waals surface area contributed by atoms with Gasteiger partial charge in [-0.25, -0.2) is 0 Å². The fourth-order valence-corrected chi connectivity index (χ4v) is 10.8. The van der Waals surface area contributed by atoms with Crippen LogP contribution in [0.25, 0.3) is 0 Å². The molecule has 0 nitrogen and oxygen atoms in total. The van der Waals surface area contributed by atoms with Crippen LogP contribution >= 0.6 is 31.9 Å². The molecule has 0 spiro atoms. The third-order valence-electron chi connectivity index (χ3n) is 10.8. The minimum absolute atomic E-state index is 0.587. The molecule has 29 heavy (non-hydrogen) atoms. The summed E-state index contributed by atoms with van der Waals surface area (Å²) >= 11 is 8.04. The van der Waals surface area contributed by atoms with Gasteiger partial charge in [0.2, 0.25) is 0 Å². The molecule has 0 heterocycles. The summed E-state index contributed by atoms with van der Waals surface area (Å²) in [6, 6.07) is 0. The molecule has 0 aromatic heterocycles. The quantitative estimate of drug-likeness (QED) is 0.311. The van der Waals surface area contributed by atoms with E-state index in [1.807, 2.05) is 0 Å². The van der Waals surface area contributed by atoms with E-state index in [9.17, 15) is 0 Å². The average Bonchev–Trinajstić information content (AvgIpc) is 3.00. The van der Waals surface area contributed by atoms with Crippen LogP contribution in [0.15, 0.2) is 0 Å². The van der Waals surface area contributed by atoms with Gasteiger partial charge >= 0.3 is 0 Å². The molecule has 0 aromatic carbocycles. The van der Waals surface area contributed by atoms with Gasteiger partial charge in [0.25, 0.3) is 0 Å². The second-order valence-electron chi connectivity index (χ2n) is 12.7. The average molecular weight is 530 g/mol. The second kappa shape index (κ2) is 8.72. The van der Waals surface area contributed by atoms with Crippen LogP contribution in [0, 0.1) is 52.3 Å². The number of halogens is 2. The molecular formula is C27H46Br2. The van der Waals surface area contributed by atoms with E-state index in [-0.39, 0.29) is 0 Å². The van der Waals surface area contributed by atoms with Crippen molar-refractivity contribution < 1.29 is 0 Å². The monoisotopic (exact) mass is 528 g/mol. The van der Waals surface area contributed by atoms with Gasteiger partial charge in [-0.1, -0.05) is 85.7 Å². The first-order valence-electron chi connectivity index (χ1n) is 12.9. The molecule has 10 atom stereocenters. The van der Waals surface area contributed by atoms with E-state index < -0.39 is 0 Å². The van der Waals surface area contributed by atoms with E-state index in [4.69, 9.17) is 0 Å². The summed E-state index contributed by atoms with van der Waals surface area (Å²) in [6.45, 7) is 12.8. The normalized spacial score (nSPS) is 50.7. The fourth-order valence-electron chi connectivity index (χ4n) is 9.23. The number of hydrogen-bond acceptors (Lipinski definition) is 0. The molecule has 4 saturated carbocycles. The first-order valence-corrected chi connectivity index (χ1v) is 14.8. The van der Waals surface area contributed by atoms with Gasteiger partial charge in [-0.05, 0) is 104 Å². The lowest BCUT2D eigenvalue weighted by Gasteiger charge is -2.62. The molecule has 0 amide bonds. The highest BCUT2D eigenvalue weighted by Gasteiger charge is 2.61. The summed E-state index contributed by atoms with van der Waals surface area (Å²) in [5.41, 5.74) is 1.23. The van der Waals surface area contributed by atoms with Gasteiger partial charge in [0.05, 0.1) is 0 Å². The van der Waals surface area contributed by atoms with Crippen LogP contribution in [0.4, 0.5) is 0 Å².